The van der Waals surface area contributed by atoms with Gasteiger partial charge in [-0.2, -0.15) is 0 Å². The van der Waals surface area contributed by atoms with Gasteiger partial charge in [0.15, 0.2) is 0 Å². The first-order valence-electron chi connectivity index (χ1n) is 18.0. The maximum Gasteiger partial charge on any atom is 0.264 e. The van der Waals surface area contributed by atoms with Crippen LogP contribution in [0.3, 0.4) is 0 Å². The molecule has 2 heterocycles. The Labute approximate surface area is 331 Å². The molecule has 0 radical (unpaired) electrons. The third kappa shape index (κ3) is 6.72. The molecule has 8 nitrogen and oxygen atoms in total. The smallest absolute Gasteiger partial charge is 0.264 e. The fraction of sp³-hybridized carbons (Fsp3) is 0.109. The van der Waals surface area contributed by atoms with Crippen molar-refractivity contribution >= 4 is 11.4 Å². The lowest BCUT2D eigenvalue weighted by atomic mass is 10.00. The molecule has 0 amide bonds. The van der Waals surface area contributed by atoms with Gasteiger partial charge in [0, 0.05) is 34.4 Å². The van der Waals surface area contributed by atoms with E-state index in [1.807, 2.05) is 0 Å². The number of nitrogens with zero attached hydrogens (tertiary/aromatic N) is 4. The summed E-state index contributed by atoms with van der Waals surface area (Å²) in [6.45, 7) is 0. The molecule has 0 aliphatic carbocycles. The molecule has 0 unspecified atom stereocenters. The SMILES string of the molecule is COc1cccc(C2=NC(c3ccc(F)cc3F)(n3c(-c4ccc(F)cc4F)nc(-c4cccc(OC)c4)c3-c3cccc(OC)c3)N=C2c2cccc(OC)c2)c1. The lowest BCUT2D eigenvalue weighted by molar-refractivity contribution is 0.385. The number of hydrogen-bond acceptors (Lipinski definition) is 7. The van der Waals surface area contributed by atoms with Gasteiger partial charge in [-0.25, -0.2) is 32.5 Å². The zero-order valence-corrected chi connectivity index (χ0v) is 31.6. The fourth-order valence-corrected chi connectivity index (χ4v) is 7.07. The molecular formula is C46H34F4N4O4. The summed E-state index contributed by atoms with van der Waals surface area (Å²) >= 11 is 0. The van der Waals surface area contributed by atoms with Crippen molar-refractivity contribution in [3.05, 3.63) is 173 Å². The molecule has 290 valence electrons. The molecule has 7 aromatic rings. The predicted molar refractivity (Wildman–Crippen MR) is 214 cm³/mol. The molecule has 1 aliphatic rings. The van der Waals surface area contributed by atoms with Gasteiger partial charge < -0.3 is 18.9 Å². The van der Waals surface area contributed by atoms with Crippen LogP contribution in [0.2, 0.25) is 0 Å². The van der Waals surface area contributed by atoms with Gasteiger partial charge >= 0.3 is 0 Å². The van der Waals surface area contributed by atoms with Crippen LogP contribution in [0.15, 0.2) is 143 Å². The molecule has 1 aromatic heterocycles. The summed E-state index contributed by atoms with van der Waals surface area (Å²) in [4.78, 5) is 15.8. The Morgan fingerprint density at radius 2 is 0.931 bits per heavy atom. The van der Waals surface area contributed by atoms with Gasteiger partial charge in [0.05, 0.1) is 62.4 Å². The van der Waals surface area contributed by atoms with Crippen molar-refractivity contribution in [2.45, 2.75) is 5.79 Å². The summed E-state index contributed by atoms with van der Waals surface area (Å²) in [5, 5.41) is 0. The van der Waals surface area contributed by atoms with Gasteiger partial charge in [-0.3, -0.25) is 4.57 Å². The van der Waals surface area contributed by atoms with E-state index in [0.717, 1.165) is 24.3 Å². The largest absolute Gasteiger partial charge is 0.497 e. The standard InChI is InChI=1S/C46H34F4N4O4/c1-55-33-13-5-9-27(21-33)41-42(28-10-6-14-34(22-28)56-2)53-46(52-41,38-20-18-32(48)26-40(38)50)54-44(30-12-8-16-36(24-30)58-4)43(29-11-7-15-35(23-29)57-3)51-45(54)37-19-17-31(47)25-39(37)49/h5-26H,1-4H3. The van der Waals surface area contributed by atoms with E-state index in [9.17, 15) is 8.78 Å². The molecule has 0 saturated heterocycles. The third-order valence-corrected chi connectivity index (χ3v) is 9.79. The number of ether oxygens (including phenoxy) is 4. The summed E-state index contributed by atoms with van der Waals surface area (Å²) in [5.74, 6) is -3.96. The average Bonchev–Trinajstić information content (AvgIpc) is 3.85. The van der Waals surface area contributed by atoms with Crippen LogP contribution in [-0.2, 0) is 5.79 Å². The topological polar surface area (TPSA) is 79.5 Å². The van der Waals surface area contributed by atoms with E-state index in [0.29, 0.717) is 50.9 Å². The number of halogens is 4. The lowest BCUT2D eigenvalue weighted by Crippen LogP contribution is -2.32. The van der Waals surface area contributed by atoms with E-state index in [-0.39, 0.29) is 34.1 Å². The van der Waals surface area contributed by atoms with Crippen molar-refractivity contribution in [1.29, 1.82) is 0 Å². The van der Waals surface area contributed by atoms with Crippen LogP contribution in [-0.4, -0.2) is 49.4 Å². The monoisotopic (exact) mass is 782 g/mol. The van der Waals surface area contributed by atoms with Gasteiger partial charge in [0.25, 0.3) is 5.79 Å². The van der Waals surface area contributed by atoms with Crippen molar-refractivity contribution in [3.8, 4) is 56.9 Å². The minimum absolute atomic E-state index is 0.0961. The second kappa shape index (κ2) is 15.4. The average molecular weight is 783 g/mol. The van der Waals surface area contributed by atoms with Gasteiger partial charge in [0.1, 0.15) is 52.1 Å². The molecule has 0 atom stereocenters. The second-order valence-electron chi connectivity index (χ2n) is 13.2. The van der Waals surface area contributed by atoms with Crippen LogP contribution in [0.4, 0.5) is 17.6 Å². The highest BCUT2D eigenvalue weighted by atomic mass is 19.1. The third-order valence-electron chi connectivity index (χ3n) is 9.79. The van der Waals surface area contributed by atoms with Crippen molar-refractivity contribution in [1.82, 2.24) is 9.55 Å². The number of rotatable bonds is 11. The van der Waals surface area contributed by atoms with Gasteiger partial charge in [-0.1, -0.05) is 48.5 Å². The number of imidazole rings is 1. The van der Waals surface area contributed by atoms with E-state index in [2.05, 4.69) is 0 Å². The molecule has 0 N–H and O–H groups in total. The van der Waals surface area contributed by atoms with Crippen molar-refractivity contribution in [2.75, 3.05) is 28.4 Å². The van der Waals surface area contributed by atoms with Crippen LogP contribution in [0.1, 0.15) is 16.7 Å². The Balaban J connectivity index is 1.61. The van der Waals surface area contributed by atoms with E-state index >= 15 is 8.78 Å². The van der Waals surface area contributed by atoms with Crippen molar-refractivity contribution in [2.24, 2.45) is 9.98 Å². The minimum Gasteiger partial charge on any atom is -0.497 e. The highest BCUT2D eigenvalue weighted by molar-refractivity contribution is 6.54. The molecule has 0 saturated carbocycles. The van der Waals surface area contributed by atoms with Crippen molar-refractivity contribution in [3.63, 3.8) is 0 Å². The molecular weight excluding hydrogens is 749 g/mol. The first kappa shape index (κ1) is 37.7. The highest BCUT2D eigenvalue weighted by Gasteiger charge is 2.47. The summed E-state index contributed by atoms with van der Waals surface area (Å²) in [7, 11) is 6.09. The normalized spacial score (nSPS) is 13.2. The number of methoxy groups -OCH3 is 4. The second-order valence-corrected chi connectivity index (χ2v) is 13.2. The van der Waals surface area contributed by atoms with Crippen LogP contribution in [0.5, 0.6) is 23.0 Å². The number of aliphatic imine (C=N–C) groups is 2. The summed E-state index contributed by atoms with van der Waals surface area (Å²) < 4.78 is 86.7. The first-order chi connectivity index (χ1) is 28.2. The molecule has 0 fully saturated rings. The van der Waals surface area contributed by atoms with Crippen LogP contribution in [0.25, 0.3) is 33.9 Å². The molecule has 0 bridgehead atoms. The van der Waals surface area contributed by atoms with Gasteiger partial charge in [-0.15, -0.1) is 0 Å². The highest BCUT2D eigenvalue weighted by Crippen LogP contribution is 2.48. The molecule has 8 rings (SSSR count). The number of aromatic nitrogens is 2. The quantitative estimate of drug-likeness (QED) is 0.122. The van der Waals surface area contributed by atoms with Crippen LogP contribution < -0.4 is 18.9 Å². The molecule has 1 aliphatic heterocycles. The number of hydrogen-bond donors (Lipinski definition) is 0. The molecule has 0 spiro atoms. The van der Waals surface area contributed by atoms with E-state index in [4.69, 9.17) is 33.9 Å². The Hall–Kier alpha value is -7.21. The zero-order valence-electron chi connectivity index (χ0n) is 31.6. The molecule has 6 aromatic carbocycles. The summed E-state index contributed by atoms with van der Waals surface area (Å²) in [5.41, 5.74) is 2.90. The van der Waals surface area contributed by atoms with E-state index in [1.54, 1.807) is 97.1 Å². The molecule has 58 heavy (non-hydrogen) atoms. The Morgan fingerprint density at radius 1 is 0.483 bits per heavy atom. The Morgan fingerprint density at radius 3 is 1.43 bits per heavy atom. The minimum atomic E-state index is -2.21. The Kier molecular flexibility index (Phi) is 10.00. The number of benzene rings is 6. The van der Waals surface area contributed by atoms with Crippen LogP contribution in [0, 0.1) is 23.3 Å². The summed E-state index contributed by atoms with van der Waals surface area (Å²) in [6.07, 6.45) is 0. The first-order valence-corrected chi connectivity index (χ1v) is 18.0. The Bertz CT molecular complexity index is 2700. The molecule has 12 heteroatoms. The fourth-order valence-electron chi connectivity index (χ4n) is 7.07. The van der Waals surface area contributed by atoms with Gasteiger partial charge in [-0.05, 0) is 72.8 Å². The van der Waals surface area contributed by atoms with Crippen LogP contribution >= 0.6 is 0 Å². The lowest BCUT2D eigenvalue weighted by Gasteiger charge is -2.30. The predicted octanol–water partition coefficient (Wildman–Crippen LogP) is 10.1. The van der Waals surface area contributed by atoms with E-state index in [1.165, 1.54) is 45.1 Å². The zero-order chi connectivity index (χ0) is 40.6. The maximum absolute atomic E-state index is 16.9. The van der Waals surface area contributed by atoms with Gasteiger partial charge in [0.2, 0.25) is 0 Å². The van der Waals surface area contributed by atoms with Crippen molar-refractivity contribution < 1.29 is 36.5 Å². The summed E-state index contributed by atoms with van der Waals surface area (Å²) in [6, 6.07) is 34.5. The van der Waals surface area contributed by atoms with E-state index < -0.39 is 29.1 Å². The maximum atomic E-state index is 16.9.